The van der Waals surface area contributed by atoms with Crippen LogP contribution in [0.15, 0.2) is 18.2 Å². The van der Waals surface area contributed by atoms with Crippen molar-refractivity contribution < 1.29 is 39.6 Å². The number of aromatic hydroxyl groups is 1. The predicted octanol–water partition coefficient (Wildman–Crippen LogP) is -1.81. The zero-order valence-corrected chi connectivity index (χ0v) is 17.8. The maximum absolute atomic E-state index is 13.7. The highest BCUT2D eigenvalue weighted by molar-refractivity contribution is 6.25. The Bertz CT molecular complexity index is 1040. The molecule has 0 aromatic heterocycles. The summed E-state index contributed by atoms with van der Waals surface area (Å²) in [4.78, 5) is 53.6. The zero-order chi connectivity index (χ0) is 23.9. The van der Waals surface area contributed by atoms with Crippen LogP contribution < -0.4 is 5.73 Å². The molecule has 10 heteroatoms. The first-order valence-corrected chi connectivity index (χ1v) is 10.4. The van der Waals surface area contributed by atoms with Gasteiger partial charge in [-0.25, -0.2) is 0 Å². The molecule has 10 nitrogen and oxygen atoms in total. The first-order chi connectivity index (χ1) is 14.9. The minimum absolute atomic E-state index is 0.0947. The molecule has 0 saturated heterocycles. The summed E-state index contributed by atoms with van der Waals surface area (Å²) in [6.07, 6.45) is -3.23. The van der Waals surface area contributed by atoms with E-state index in [1.807, 2.05) is 0 Å². The molecule has 0 radical (unpaired) electrons. The number of phenolic OH excluding ortho intramolecular Hbond substituents is 1. The van der Waals surface area contributed by atoms with Crippen molar-refractivity contribution in [3.8, 4) is 5.75 Å². The monoisotopic (exact) mass is 446 g/mol. The van der Waals surface area contributed by atoms with Crippen LogP contribution in [0.1, 0.15) is 28.8 Å². The zero-order valence-electron chi connectivity index (χ0n) is 17.8. The highest BCUT2D eigenvalue weighted by Gasteiger charge is 2.72. The third kappa shape index (κ3) is 2.60. The summed E-state index contributed by atoms with van der Waals surface area (Å²) < 4.78 is 0. The predicted molar refractivity (Wildman–Crippen MR) is 108 cm³/mol. The lowest BCUT2D eigenvalue weighted by Crippen LogP contribution is -2.78. The Hall–Kier alpha value is -2.66. The molecule has 2 fully saturated rings. The maximum Gasteiger partial charge on any atom is 0.230 e. The van der Waals surface area contributed by atoms with Crippen LogP contribution in [-0.2, 0) is 14.4 Å². The van der Waals surface area contributed by atoms with Crippen molar-refractivity contribution in [2.75, 3.05) is 14.1 Å². The van der Waals surface area contributed by atoms with E-state index in [-0.39, 0.29) is 11.3 Å². The van der Waals surface area contributed by atoms with Gasteiger partial charge in [0.25, 0.3) is 0 Å². The fourth-order valence-corrected chi connectivity index (χ4v) is 6.17. The number of amides is 1. The van der Waals surface area contributed by atoms with Crippen LogP contribution in [0, 0.1) is 23.7 Å². The molecule has 32 heavy (non-hydrogen) atoms. The number of phenols is 1. The van der Waals surface area contributed by atoms with Crippen molar-refractivity contribution in [1.82, 2.24) is 4.90 Å². The number of carbonyl (C=O) groups excluding carboxylic acids is 4. The van der Waals surface area contributed by atoms with Crippen molar-refractivity contribution in [2.45, 2.75) is 36.7 Å². The SMILES string of the molecule is CC1c2cccc(O)c2C(=O)C2C(=O)C3(O)C(=O)C(C(N)=O)C(O)C(N(C)C)C3C(O)C21. The van der Waals surface area contributed by atoms with Gasteiger partial charge in [0.05, 0.1) is 23.7 Å². The van der Waals surface area contributed by atoms with Crippen LogP contribution in [0.4, 0.5) is 0 Å². The Balaban J connectivity index is 1.95. The van der Waals surface area contributed by atoms with Gasteiger partial charge in [-0.1, -0.05) is 19.1 Å². The van der Waals surface area contributed by atoms with Gasteiger partial charge in [-0.2, -0.15) is 0 Å². The van der Waals surface area contributed by atoms with E-state index < -0.39 is 76.7 Å². The molecule has 1 amide bonds. The number of rotatable bonds is 2. The first kappa shape index (κ1) is 22.5. The minimum Gasteiger partial charge on any atom is -0.507 e. The van der Waals surface area contributed by atoms with E-state index in [4.69, 9.17) is 5.73 Å². The molecule has 9 unspecified atom stereocenters. The van der Waals surface area contributed by atoms with E-state index in [0.29, 0.717) is 5.56 Å². The van der Waals surface area contributed by atoms with Crippen molar-refractivity contribution in [2.24, 2.45) is 29.4 Å². The largest absolute Gasteiger partial charge is 0.507 e. The Morgan fingerprint density at radius 2 is 1.72 bits per heavy atom. The number of likely N-dealkylation sites (N-methyl/N-ethyl adjacent to an activating group) is 1. The fraction of sp³-hybridized carbons (Fsp3) is 0.545. The number of aliphatic hydroxyl groups excluding tert-OH is 2. The smallest absolute Gasteiger partial charge is 0.230 e. The van der Waals surface area contributed by atoms with Gasteiger partial charge < -0.3 is 31.1 Å². The first-order valence-electron chi connectivity index (χ1n) is 10.4. The number of hydrogen-bond donors (Lipinski definition) is 5. The summed E-state index contributed by atoms with van der Waals surface area (Å²) in [5, 5.41) is 44.0. The molecule has 172 valence electrons. The molecule has 3 aliphatic rings. The number of primary amides is 1. The third-order valence-corrected chi connectivity index (χ3v) is 7.58. The second-order valence-electron chi connectivity index (χ2n) is 9.29. The molecule has 2 saturated carbocycles. The number of Topliss-reactive ketones (excluding diaryl/α,β-unsaturated/α-hetero) is 3. The topological polar surface area (TPSA) is 178 Å². The van der Waals surface area contributed by atoms with Crippen molar-refractivity contribution in [3.05, 3.63) is 29.3 Å². The molecule has 0 aliphatic heterocycles. The van der Waals surface area contributed by atoms with Crippen molar-refractivity contribution in [3.63, 3.8) is 0 Å². The number of aliphatic hydroxyl groups is 3. The van der Waals surface area contributed by atoms with Gasteiger partial charge >= 0.3 is 0 Å². The average molecular weight is 446 g/mol. The second-order valence-corrected chi connectivity index (χ2v) is 9.29. The quantitative estimate of drug-likeness (QED) is 0.327. The van der Waals surface area contributed by atoms with E-state index >= 15 is 0 Å². The summed E-state index contributed by atoms with van der Waals surface area (Å²) in [5.74, 6) is -11.5. The number of ketones is 3. The second kappa shape index (κ2) is 7.17. The normalized spacial score (nSPS) is 41.2. The van der Waals surface area contributed by atoms with E-state index in [0.717, 1.165) is 0 Å². The molecule has 1 aromatic carbocycles. The van der Waals surface area contributed by atoms with Crippen LogP contribution in [-0.4, -0.2) is 86.5 Å². The van der Waals surface area contributed by atoms with Crippen LogP contribution in [0.2, 0.25) is 0 Å². The highest BCUT2D eigenvalue weighted by atomic mass is 16.3. The standard InChI is InChI=1S/C22H26N2O8/c1-7-8-5-4-6-9(25)11(8)16(26)12-10(7)17(27)14-15(24(2)3)18(28)13(21(23)31)20(30)22(14,32)19(12)29/h4-7,10,12-15,17-18,25,27-28,32H,1-3H3,(H2,23,31). The summed E-state index contributed by atoms with van der Waals surface area (Å²) in [5.41, 5.74) is 2.74. The molecule has 3 aliphatic carbocycles. The van der Waals surface area contributed by atoms with Gasteiger partial charge in [-0.05, 0) is 31.6 Å². The Kier molecular flexibility index (Phi) is 5.05. The van der Waals surface area contributed by atoms with E-state index in [2.05, 4.69) is 0 Å². The number of nitrogens with two attached hydrogens (primary N) is 1. The molecular formula is C22H26N2O8. The number of benzene rings is 1. The molecule has 0 spiro atoms. The van der Waals surface area contributed by atoms with Crippen LogP contribution in [0.25, 0.3) is 0 Å². The van der Waals surface area contributed by atoms with Gasteiger partial charge in [-0.15, -0.1) is 0 Å². The maximum atomic E-state index is 13.7. The van der Waals surface area contributed by atoms with Crippen molar-refractivity contribution >= 4 is 23.3 Å². The lowest BCUT2D eigenvalue weighted by atomic mass is 9.49. The summed E-state index contributed by atoms with van der Waals surface area (Å²) in [6.45, 7) is 1.68. The van der Waals surface area contributed by atoms with Gasteiger partial charge in [0.1, 0.15) is 11.7 Å². The van der Waals surface area contributed by atoms with Crippen LogP contribution >= 0.6 is 0 Å². The summed E-state index contributed by atoms with van der Waals surface area (Å²) >= 11 is 0. The molecule has 0 bridgehead atoms. The Morgan fingerprint density at radius 3 is 2.28 bits per heavy atom. The lowest BCUT2D eigenvalue weighted by Gasteiger charge is -2.57. The number of carbonyl (C=O) groups is 4. The van der Waals surface area contributed by atoms with E-state index in [1.54, 1.807) is 19.1 Å². The third-order valence-electron chi connectivity index (χ3n) is 7.58. The average Bonchev–Trinajstić information content (AvgIpc) is 2.70. The highest BCUT2D eigenvalue weighted by Crippen LogP contribution is 2.54. The summed E-state index contributed by atoms with van der Waals surface area (Å²) in [6, 6.07) is 3.26. The van der Waals surface area contributed by atoms with Crippen LogP contribution in [0.3, 0.4) is 0 Å². The van der Waals surface area contributed by atoms with E-state index in [9.17, 15) is 39.6 Å². The molecule has 0 heterocycles. The minimum atomic E-state index is -2.91. The molecule has 1 aromatic rings. The lowest BCUT2D eigenvalue weighted by molar-refractivity contribution is -0.208. The van der Waals surface area contributed by atoms with Crippen molar-refractivity contribution in [1.29, 1.82) is 0 Å². The van der Waals surface area contributed by atoms with Gasteiger partial charge in [-0.3, -0.25) is 19.2 Å². The molecule has 4 rings (SSSR count). The summed E-state index contributed by atoms with van der Waals surface area (Å²) in [7, 11) is 3.02. The van der Waals surface area contributed by atoms with Gasteiger partial charge in [0.15, 0.2) is 23.0 Å². The number of fused-ring (bicyclic) bond motifs is 3. The Labute approximate surface area is 183 Å². The van der Waals surface area contributed by atoms with Gasteiger partial charge in [0, 0.05) is 17.9 Å². The molecule has 6 N–H and O–H groups in total. The number of hydrogen-bond acceptors (Lipinski definition) is 9. The van der Waals surface area contributed by atoms with Gasteiger partial charge in [0.2, 0.25) is 5.91 Å². The van der Waals surface area contributed by atoms with E-state index in [1.165, 1.54) is 25.1 Å². The molecular weight excluding hydrogens is 420 g/mol. The Morgan fingerprint density at radius 1 is 1.09 bits per heavy atom. The number of nitrogens with zero attached hydrogens (tertiary/aromatic N) is 1. The molecule has 9 atom stereocenters. The van der Waals surface area contributed by atoms with Crippen LogP contribution in [0.5, 0.6) is 5.75 Å². The fourth-order valence-electron chi connectivity index (χ4n) is 6.17.